The Morgan fingerprint density at radius 3 is 1.80 bits per heavy atom. The first-order valence-electron chi connectivity index (χ1n) is 7.13. The van der Waals surface area contributed by atoms with Gasteiger partial charge in [-0.25, -0.2) is 0 Å². The van der Waals surface area contributed by atoms with E-state index in [2.05, 4.69) is 4.98 Å². The van der Waals surface area contributed by atoms with Crippen LogP contribution < -0.4 is 0 Å². The van der Waals surface area contributed by atoms with Crippen molar-refractivity contribution in [3.8, 4) is 0 Å². The van der Waals surface area contributed by atoms with Crippen LogP contribution in [0.5, 0.6) is 0 Å². The summed E-state index contributed by atoms with van der Waals surface area (Å²) in [6, 6.07) is 1.62. The molecule has 1 rings (SSSR count). The molecule has 2 amide bonds. The van der Waals surface area contributed by atoms with Gasteiger partial charge in [-0.2, -0.15) is 0 Å². The van der Waals surface area contributed by atoms with Crippen molar-refractivity contribution in [3.63, 3.8) is 0 Å². The lowest BCUT2D eigenvalue weighted by molar-refractivity contribution is 0.0733. The summed E-state index contributed by atoms with van der Waals surface area (Å²) in [7, 11) is 0. The van der Waals surface area contributed by atoms with Gasteiger partial charge in [-0.1, -0.05) is 0 Å². The molecule has 110 valence electrons. The van der Waals surface area contributed by atoms with Gasteiger partial charge in [0.05, 0.1) is 11.1 Å². The summed E-state index contributed by atoms with van der Waals surface area (Å²) in [5.74, 6) is -0.258. The zero-order valence-electron chi connectivity index (χ0n) is 12.7. The topological polar surface area (TPSA) is 53.5 Å². The van der Waals surface area contributed by atoms with Gasteiger partial charge in [0.25, 0.3) is 11.8 Å². The smallest absolute Gasteiger partial charge is 0.256 e. The van der Waals surface area contributed by atoms with E-state index in [1.54, 1.807) is 22.1 Å². The first-order valence-corrected chi connectivity index (χ1v) is 7.13. The van der Waals surface area contributed by atoms with Crippen molar-refractivity contribution in [1.82, 2.24) is 14.8 Å². The van der Waals surface area contributed by atoms with E-state index in [1.807, 2.05) is 27.7 Å². The van der Waals surface area contributed by atoms with Gasteiger partial charge in [-0.15, -0.1) is 0 Å². The fourth-order valence-corrected chi connectivity index (χ4v) is 2.11. The van der Waals surface area contributed by atoms with Gasteiger partial charge in [-0.05, 0) is 33.8 Å². The van der Waals surface area contributed by atoms with Crippen LogP contribution in [-0.2, 0) is 0 Å². The Morgan fingerprint density at radius 1 is 0.900 bits per heavy atom. The maximum atomic E-state index is 12.5. The second-order valence-corrected chi connectivity index (χ2v) is 4.38. The molecule has 0 spiro atoms. The minimum absolute atomic E-state index is 0.118. The average Bonchev–Trinajstić information content (AvgIpc) is 2.49. The Labute approximate surface area is 120 Å². The summed E-state index contributed by atoms with van der Waals surface area (Å²) in [5.41, 5.74) is 0.814. The summed E-state index contributed by atoms with van der Waals surface area (Å²) in [4.78, 5) is 32.3. The molecule has 5 heteroatoms. The number of carbonyl (C=O) groups is 2. The summed E-state index contributed by atoms with van der Waals surface area (Å²) in [6.07, 6.45) is 3.03. The van der Waals surface area contributed by atoms with Crippen molar-refractivity contribution in [2.75, 3.05) is 26.2 Å². The summed E-state index contributed by atoms with van der Waals surface area (Å²) in [6.45, 7) is 10.2. The molecule has 1 aromatic rings. The van der Waals surface area contributed by atoms with Crippen molar-refractivity contribution in [1.29, 1.82) is 0 Å². The number of rotatable bonds is 6. The molecule has 1 heterocycles. The first kappa shape index (κ1) is 16.1. The Morgan fingerprint density at radius 2 is 1.35 bits per heavy atom. The van der Waals surface area contributed by atoms with Gasteiger partial charge in [0, 0.05) is 38.6 Å². The van der Waals surface area contributed by atoms with Gasteiger partial charge in [-0.3, -0.25) is 14.6 Å². The van der Waals surface area contributed by atoms with Crippen LogP contribution >= 0.6 is 0 Å². The van der Waals surface area contributed by atoms with E-state index >= 15 is 0 Å². The molecule has 0 bridgehead atoms. The number of hydrogen-bond acceptors (Lipinski definition) is 3. The third-order valence-corrected chi connectivity index (χ3v) is 3.38. The van der Waals surface area contributed by atoms with E-state index in [-0.39, 0.29) is 11.8 Å². The molecule has 0 aliphatic carbocycles. The van der Waals surface area contributed by atoms with Gasteiger partial charge >= 0.3 is 0 Å². The first-order chi connectivity index (χ1) is 9.60. The van der Waals surface area contributed by atoms with Crippen LogP contribution in [-0.4, -0.2) is 52.8 Å². The largest absolute Gasteiger partial charge is 0.339 e. The Kier molecular flexibility index (Phi) is 6.15. The second-order valence-electron chi connectivity index (χ2n) is 4.38. The molecule has 0 aliphatic rings. The van der Waals surface area contributed by atoms with Crippen molar-refractivity contribution in [3.05, 3.63) is 29.6 Å². The minimum atomic E-state index is -0.140. The van der Waals surface area contributed by atoms with Gasteiger partial charge in [0.2, 0.25) is 0 Å². The van der Waals surface area contributed by atoms with Gasteiger partial charge in [0.15, 0.2) is 0 Å². The Balaban J connectivity index is 3.17. The highest BCUT2D eigenvalue weighted by molar-refractivity contribution is 6.06. The standard InChI is InChI=1S/C15H23N3O2/c1-5-17(6-2)14(19)12-9-10-16-11-13(12)15(20)18(7-3)8-4/h9-11H,5-8H2,1-4H3. The van der Waals surface area contributed by atoms with Crippen LogP contribution in [0.2, 0.25) is 0 Å². The number of nitrogens with zero attached hydrogens (tertiary/aromatic N) is 3. The maximum absolute atomic E-state index is 12.5. The monoisotopic (exact) mass is 277 g/mol. The molecular formula is C15H23N3O2. The van der Waals surface area contributed by atoms with Crippen LogP contribution in [0.25, 0.3) is 0 Å². The normalized spacial score (nSPS) is 10.2. The molecule has 20 heavy (non-hydrogen) atoms. The van der Waals surface area contributed by atoms with Gasteiger partial charge < -0.3 is 9.80 Å². The zero-order chi connectivity index (χ0) is 15.1. The lowest BCUT2D eigenvalue weighted by Crippen LogP contribution is -2.35. The van der Waals surface area contributed by atoms with E-state index in [9.17, 15) is 9.59 Å². The molecule has 0 N–H and O–H groups in total. The van der Waals surface area contributed by atoms with E-state index in [0.29, 0.717) is 37.3 Å². The molecule has 0 radical (unpaired) electrons. The predicted octanol–water partition coefficient (Wildman–Crippen LogP) is 2.05. The second kappa shape index (κ2) is 7.62. The third-order valence-electron chi connectivity index (χ3n) is 3.38. The van der Waals surface area contributed by atoms with Crippen LogP contribution in [0.4, 0.5) is 0 Å². The number of aromatic nitrogens is 1. The molecule has 5 nitrogen and oxygen atoms in total. The summed E-state index contributed by atoms with van der Waals surface area (Å²) >= 11 is 0. The van der Waals surface area contributed by atoms with Crippen molar-refractivity contribution >= 4 is 11.8 Å². The highest BCUT2D eigenvalue weighted by atomic mass is 16.2. The van der Waals surface area contributed by atoms with Crippen molar-refractivity contribution in [2.45, 2.75) is 27.7 Å². The maximum Gasteiger partial charge on any atom is 0.256 e. The molecule has 0 unspecified atom stereocenters. The SMILES string of the molecule is CCN(CC)C(=O)c1ccncc1C(=O)N(CC)CC. The van der Waals surface area contributed by atoms with E-state index in [0.717, 1.165) is 0 Å². The van der Waals surface area contributed by atoms with Crippen LogP contribution in [0.1, 0.15) is 48.4 Å². The van der Waals surface area contributed by atoms with E-state index < -0.39 is 0 Å². The van der Waals surface area contributed by atoms with Crippen molar-refractivity contribution < 1.29 is 9.59 Å². The molecule has 0 aromatic carbocycles. The van der Waals surface area contributed by atoms with Crippen LogP contribution in [0.3, 0.4) is 0 Å². The lowest BCUT2D eigenvalue weighted by Gasteiger charge is -2.23. The highest BCUT2D eigenvalue weighted by Gasteiger charge is 2.22. The molecule has 0 fully saturated rings. The summed E-state index contributed by atoms with van der Waals surface area (Å²) < 4.78 is 0. The lowest BCUT2D eigenvalue weighted by atomic mass is 10.1. The molecule has 0 saturated carbocycles. The fourth-order valence-electron chi connectivity index (χ4n) is 2.11. The zero-order valence-corrected chi connectivity index (χ0v) is 12.7. The fraction of sp³-hybridized carbons (Fsp3) is 0.533. The van der Waals surface area contributed by atoms with Crippen LogP contribution in [0.15, 0.2) is 18.5 Å². The quantitative estimate of drug-likeness (QED) is 0.799. The minimum Gasteiger partial charge on any atom is -0.339 e. The molecule has 0 atom stereocenters. The Hall–Kier alpha value is -1.91. The average molecular weight is 277 g/mol. The third kappa shape index (κ3) is 3.35. The molecular weight excluding hydrogens is 254 g/mol. The van der Waals surface area contributed by atoms with E-state index in [1.165, 1.54) is 6.20 Å². The van der Waals surface area contributed by atoms with Crippen molar-refractivity contribution in [2.24, 2.45) is 0 Å². The predicted molar refractivity (Wildman–Crippen MR) is 78.7 cm³/mol. The number of carbonyl (C=O) groups excluding carboxylic acids is 2. The highest BCUT2D eigenvalue weighted by Crippen LogP contribution is 2.13. The number of hydrogen-bond donors (Lipinski definition) is 0. The number of amides is 2. The molecule has 0 saturated heterocycles. The molecule has 0 aliphatic heterocycles. The number of pyridine rings is 1. The summed E-state index contributed by atoms with van der Waals surface area (Å²) in [5, 5.41) is 0. The van der Waals surface area contributed by atoms with Crippen LogP contribution in [0, 0.1) is 0 Å². The molecule has 1 aromatic heterocycles. The van der Waals surface area contributed by atoms with E-state index in [4.69, 9.17) is 0 Å². The van der Waals surface area contributed by atoms with Gasteiger partial charge in [0.1, 0.15) is 0 Å². The Bertz CT molecular complexity index is 423.